The number of benzene rings is 2. The third kappa shape index (κ3) is 4.46. The molecule has 0 bridgehead atoms. The zero-order valence-corrected chi connectivity index (χ0v) is 13.2. The van der Waals surface area contributed by atoms with E-state index < -0.39 is 0 Å². The fraction of sp³-hybridized carbons (Fsp3) is 0.158. The Bertz CT molecular complexity index is 770. The second-order valence-corrected chi connectivity index (χ2v) is 5.33. The Balaban J connectivity index is 1.46. The summed E-state index contributed by atoms with van der Waals surface area (Å²) in [5.74, 6) is 1.58. The van der Waals surface area contributed by atoms with Crippen LogP contribution in [0.5, 0.6) is 5.75 Å². The van der Waals surface area contributed by atoms with Crippen LogP contribution in [0.1, 0.15) is 12.8 Å². The van der Waals surface area contributed by atoms with E-state index in [4.69, 9.17) is 4.74 Å². The largest absolute Gasteiger partial charge is 0.494 e. The number of nitrogens with one attached hydrogen (secondary N) is 2. The average Bonchev–Trinajstić information content (AvgIpc) is 3.15. The highest BCUT2D eigenvalue weighted by atomic mass is 16.5. The van der Waals surface area contributed by atoms with Gasteiger partial charge in [0.2, 0.25) is 5.91 Å². The summed E-state index contributed by atoms with van der Waals surface area (Å²) in [6, 6.07) is 17.2. The standard InChI is InChI=1S/C19H19N3O2/c23-18(10-5-13-24-17-8-2-1-3-9-17)22-16-7-4-6-15(14-16)19-20-11-12-21-19/h1-4,6-9,11-12,14H,5,10,13H2,(H,20,21)(H,22,23). The molecule has 1 aromatic heterocycles. The van der Waals surface area contributed by atoms with Crippen LogP contribution in [0.3, 0.4) is 0 Å². The lowest BCUT2D eigenvalue weighted by Crippen LogP contribution is -2.12. The van der Waals surface area contributed by atoms with Crippen molar-refractivity contribution in [3.63, 3.8) is 0 Å². The Kier molecular flexibility index (Phi) is 5.24. The molecule has 0 radical (unpaired) electrons. The zero-order chi connectivity index (χ0) is 16.6. The van der Waals surface area contributed by atoms with E-state index >= 15 is 0 Å². The van der Waals surface area contributed by atoms with Crippen molar-refractivity contribution < 1.29 is 9.53 Å². The fourth-order valence-electron chi connectivity index (χ4n) is 2.33. The molecule has 5 nitrogen and oxygen atoms in total. The number of H-pyrrole nitrogens is 1. The van der Waals surface area contributed by atoms with E-state index in [-0.39, 0.29) is 5.91 Å². The van der Waals surface area contributed by atoms with Crippen molar-refractivity contribution in [3.8, 4) is 17.1 Å². The number of aromatic nitrogens is 2. The van der Waals surface area contributed by atoms with Gasteiger partial charge in [0, 0.05) is 30.1 Å². The van der Waals surface area contributed by atoms with Crippen molar-refractivity contribution in [3.05, 3.63) is 67.0 Å². The van der Waals surface area contributed by atoms with Gasteiger partial charge in [0.05, 0.1) is 6.61 Å². The molecule has 0 saturated carbocycles. The molecule has 3 aromatic rings. The molecule has 1 heterocycles. The van der Waals surface area contributed by atoms with E-state index in [9.17, 15) is 4.79 Å². The van der Waals surface area contributed by atoms with E-state index in [1.54, 1.807) is 12.4 Å². The summed E-state index contributed by atoms with van der Waals surface area (Å²) in [6.45, 7) is 0.518. The lowest BCUT2D eigenvalue weighted by Gasteiger charge is -2.08. The Morgan fingerprint density at radius 1 is 1.12 bits per heavy atom. The highest BCUT2D eigenvalue weighted by Crippen LogP contribution is 2.19. The minimum absolute atomic E-state index is 0.0248. The number of imidazole rings is 1. The van der Waals surface area contributed by atoms with Gasteiger partial charge in [-0.15, -0.1) is 0 Å². The summed E-state index contributed by atoms with van der Waals surface area (Å²) in [5.41, 5.74) is 1.70. The summed E-state index contributed by atoms with van der Waals surface area (Å²) >= 11 is 0. The van der Waals surface area contributed by atoms with Crippen LogP contribution >= 0.6 is 0 Å². The Hall–Kier alpha value is -3.08. The molecule has 5 heteroatoms. The van der Waals surface area contributed by atoms with E-state index in [1.807, 2.05) is 54.6 Å². The van der Waals surface area contributed by atoms with Crippen LogP contribution in [-0.4, -0.2) is 22.5 Å². The predicted octanol–water partition coefficient (Wildman–Crippen LogP) is 3.87. The van der Waals surface area contributed by atoms with Crippen LogP contribution in [0.25, 0.3) is 11.4 Å². The van der Waals surface area contributed by atoms with Gasteiger partial charge in [0.15, 0.2) is 0 Å². The number of rotatable bonds is 7. The number of hydrogen-bond donors (Lipinski definition) is 2. The molecule has 0 spiro atoms. The maximum absolute atomic E-state index is 12.0. The molecule has 0 unspecified atom stereocenters. The SMILES string of the molecule is O=C(CCCOc1ccccc1)Nc1cccc(-c2ncc[nH]2)c1. The molecule has 122 valence electrons. The van der Waals surface area contributed by atoms with Gasteiger partial charge < -0.3 is 15.0 Å². The van der Waals surface area contributed by atoms with Crippen LogP contribution in [0, 0.1) is 0 Å². The van der Waals surface area contributed by atoms with E-state index in [0.29, 0.717) is 19.4 Å². The number of hydrogen-bond acceptors (Lipinski definition) is 3. The van der Waals surface area contributed by atoms with Gasteiger partial charge in [-0.1, -0.05) is 30.3 Å². The Labute approximate surface area is 140 Å². The quantitative estimate of drug-likeness (QED) is 0.649. The molecule has 0 aliphatic rings. The van der Waals surface area contributed by atoms with Crippen LogP contribution in [0.4, 0.5) is 5.69 Å². The number of nitrogens with zero attached hydrogens (tertiary/aromatic N) is 1. The molecule has 3 rings (SSSR count). The maximum Gasteiger partial charge on any atom is 0.224 e. The topological polar surface area (TPSA) is 67.0 Å². The molecular formula is C19H19N3O2. The van der Waals surface area contributed by atoms with Gasteiger partial charge in [-0.25, -0.2) is 4.98 Å². The lowest BCUT2D eigenvalue weighted by molar-refractivity contribution is -0.116. The van der Waals surface area contributed by atoms with Crippen molar-refractivity contribution >= 4 is 11.6 Å². The normalized spacial score (nSPS) is 10.3. The first-order valence-electron chi connectivity index (χ1n) is 7.89. The second-order valence-electron chi connectivity index (χ2n) is 5.33. The van der Waals surface area contributed by atoms with Gasteiger partial charge in [0.25, 0.3) is 0 Å². The van der Waals surface area contributed by atoms with Crippen LogP contribution in [0.15, 0.2) is 67.0 Å². The van der Waals surface area contributed by atoms with Gasteiger partial charge >= 0.3 is 0 Å². The predicted molar refractivity (Wildman–Crippen MR) is 93.8 cm³/mol. The number of ether oxygens (including phenoxy) is 1. The second kappa shape index (κ2) is 7.97. The molecule has 0 atom stereocenters. The number of carbonyl (C=O) groups excluding carboxylic acids is 1. The summed E-state index contributed by atoms with van der Waals surface area (Å²) in [4.78, 5) is 19.3. The number of anilines is 1. The molecule has 1 amide bonds. The first-order chi connectivity index (χ1) is 11.8. The van der Waals surface area contributed by atoms with Gasteiger partial charge in [-0.2, -0.15) is 0 Å². The monoisotopic (exact) mass is 321 g/mol. The number of amides is 1. The van der Waals surface area contributed by atoms with Gasteiger partial charge in [-0.05, 0) is 30.7 Å². The number of carbonyl (C=O) groups is 1. The first-order valence-corrected chi connectivity index (χ1v) is 7.89. The Morgan fingerprint density at radius 2 is 2.00 bits per heavy atom. The Morgan fingerprint density at radius 3 is 2.79 bits per heavy atom. The van der Waals surface area contributed by atoms with E-state index in [1.165, 1.54) is 0 Å². The molecule has 0 saturated heterocycles. The molecule has 24 heavy (non-hydrogen) atoms. The molecule has 0 aliphatic heterocycles. The van der Waals surface area contributed by atoms with Crippen molar-refractivity contribution in [1.82, 2.24) is 9.97 Å². The van der Waals surface area contributed by atoms with Crippen LogP contribution in [-0.2, 0) is 4.79 Å². The van der Waals surface area contributed by atoms with Crippen molar-refractivity contribution in [2.24, 2.45) is 0 Å². The number of aromatic amines is 1. The molecule has 2 aromatic carbocycles. The summed E-state index contributed by atoms with van der Waals surface area (Å²) in [6.07, 6.45) is 4.55. The number of para-hydroxylation sites is 1. The minimum Gasteiger partial charge on any atom is -0.494 e. The van der Waals surface area contributed by atoms with E-state index in [0.717, 1.165) is 22.8 Å². The summed E-state index contributed by atoms with van der Waals surface area (Å²) < 4.78 is 5.58. The lowest BCUT2D eigenvalue weighted by atomic mass is 10.2. The molecule has 0 fully saturated rings. The fourth-order valence-corrected chi connectivity index (χ4v) is 2.33. The van der Waals surface area contributed by atoms with Crippen LogP contribution in [0.2, 0.25) is 0 Å². The highest BCUT2D eigenvalue weighted by molar-refractivity contribution is 5.91. The van der Waals surface area contributed by atoms with Crippen molar-refractivity contribution in [2.45, 2.75) is 12.8 Å². The van der Waals surface area contributed by atoms with Crippen molar-refractivity contribution in [2.75, 3.05) is 11.9 Å². The maximum atomic E-state index is 12.0. The highest BCUT2D eigenvalue weighted by Gasteiger charge is 2.05. The first kappa shape index (κ1) is 15.8. The van der Waals surface area contributed by atoms with Crippen molar-refractivity contribution in [1.29, 1.82) is 0 Å². The third-order valence-electron chi connectivity index (χ3n) is 3.48. The third-order valence-corrected chi connectivity index (χ3v) is 3.48. The minimum atomic E-state index is -0.0248. The van der Waals surface area contributed by atoms with Gasteiger partial charge in [-0.3, -0.25) is 4.79 Å². The van der Waals surface area contributed by atoms with E-state index in [2.05, 4.69) is 15.3 Å². The van der Waals surface area contributed by atoms with Gasteiger partial charge in [0.1, 0.15) is 11.6 Å². The summed E-state index contributed by atoms with van der Waals surface area (Å²) in [5, 5.41) is 2.91. The average molecular weight is 321 g/mol. The molecule has 2 N–H and O–H groups in total. The molecular weight excluding hydrogens is 302 g/mol. The van der Waals surface area contributed by atoms with Crippen LogP contribution < -0.4 is 10.1 Å². The summed E-state index contributed by atoms with van der Waals surface area (Å²) in [7, 11) is 0. The smallest absolute Gasteiger partial charge is 0.224 e. The molecule has 0 aliphatic carbocycles. The zero-order valence-electron chi connectivity index (χ0n) is 13.2.